The van der Waals surface area contributed by atoms with E-state index >= 15 is 0 Å². The molecule has 0 amide bonds. The Morgan fingerprint density at radius 2 is 1.71 bits per heavy atom. The van der Waals surface area contributed by atoms with Gasteiger partial charge in [-0.3, -0.25) is 0 Å². The van der Waals surface area contributed by atoms with Crippen LogP contribution in [0.4, 0.5) is 0 Å². The lowest BCUT2D eigenvalue weighted by Gasteiger charge is -2.15. The summed E-state index contributed by atoms with van der Waals surface area (Å²) in [6.07, 6.45) is 2.97. The number of methoxy groups -OCH3 is 2. The average molecular weight is 634 g/mol. The molecule has 1 N–H and O–H groups in total. The molecule has 0 atom stereocenters. The third-order valence-corrected chi connectivity index (χ3v) is 7.85. The quantitative estimate of drug-likeness (QED) is 0.0995. The zero-order chi connectivity index (χ0) is 31.9. The first kappa shape index (κ1) is 31.6. The van der Waals surface area contributed by atoms with E-state index in [1.165, 1.54) is 7.11 Å². The van der Waals surface area contributed by atoms with Gasteiger partial charge in [-0.05, 0) is 49.2 Å². The van der Waals surface area contributed by atoms with E-state index in [1.807, 2.05) is 34.9 Å². The van der Waals surface area contributed by atoms with Crippen LogP contribution in [0.25, 0.3) is 33.1 Å². The Balaban J connectivity index is 1.80. The Morgan fingerprint density at radius 3 is 2.44 bits per heavy atom. The second-order valence-corrected chi connectivity index (χ2v) is 10.8. The first-order chi connectivity index (χ1) is 21.9. The summed E-state index contributed by atoms with van der Waals surface area (Å²) < 4.78 is 39.3. The second kappa shape index (κ2) is 14.3. The number of carboxylic acid groups (broad SMARTS) is 1. The van der Waals surface area contributed by atoms with Crippen molar-refractivity contribution in [3.63, 3.8) is 0 Å². The number of aliphatic carboxylic acids is 1. The molecule has 45 heavy (non-hydrogen) atoms. The zero-order valence-corrected chi connectivity index (χ0v) is 26.4. The summed E-state index contributed by atoms with van der Waals surface area (Å²) in [5.41, 5.74) is 4.38. The SMILES string of the molecule is CCCCCOc1cc2c(cc1OC)c(-c1ccc(OC)cc1OCC(=O)O)c(C(=O)OCC)n2Cc1ccc2nsnc2c1. The number of unbranched alkanes of at least 4 members (excludes halogenated alkanes) is 2. The van der Waals surface area contributed by atoms with Crippen molar-refractivity contribution in [3.8, 4) is 34.1 Å². The Hall–Kier alpha value is -4.84. The van der Waals surface area contributed by atoms with Crippen molar-refractivity contribution in [2.45, 2.75) is 39.7 Å². The van der Waals surface area contributed by atoms with Gasteiger partial charge in [-0.15, -0.1) is 0 Å². The smallest absolute Gasteiger partial charge is 0.355 e. The highest BCUT2D eigenvalue weighted by molar-refractivity contribution is 7.00. The molecule has 5 aromatic rings. The summed E-state index contributed by atoms with van der Waals surface area (Å²) >= 11 is 1.14. The lowest BCUT2D eigenvalue weighted by atomic mass is 10.00. The Labute approximate surface area is 264 Å². The minimum Gasteiger partial charge on any atom is -0.497 e. The largest absolute Gasteiger partial charge is 0.497 e. The van der Waals surface area contributed by atoms with Crippen LogP contribution in [0.5, 0.6) is 23.0 Å². The first-order valence-corrected chi connectivity index (χ1v) is 15.4. The molecule has 0 aliphatic carbocycles. The highest BCUT2D eigenvalue weighted by Gasteiger charge is 2.29. The number of aromatic nitrogens is 3. The van der Waals surface area contributed by atoms with Gasteiger partial charge in [0.2, 0.25) is 0 Å². The van der Waals surface area contributed by atoms with E-state index < -0.39 is 18.5 Å². The molecule has 0 radical (unpaired) electrons. The predicted molar refractivity (Wildman–Crippen MR) is 171 cm³/mol. The van der Waals surface area contributed by atoms with Crippen LogP contribution in [0.15, 0.2) is 48.5 Å². The van der Waals surface area contributed by atoms with Crippen LogP contribution in [-0.4, -0.2) is 64.4 Å². The van der Waals surface area contributed by atoms with Crippen molar-refractivity contribution in [1.82, 2.24) is 13.3 Å². The van der Waals surface area contributed by atoms with Crippen LogP contribution in [0.2, 0.25) is 0 Å². The number of carbonyl (C=O) groups is 2. The average Bonchev–Trinajstić information content (AvgIpc) is 3.63. The fourth-order valence-corrected chi connectivity index (χ4v) is 5.73. The molecule has 0 saturated heterocycles. The number of benzene rings is 3. The summed E-state index contributed by atoms with van der Waals surface area (Å²) in [5.74, 6) is 0.0309. The number of esters is 1. The minimum atomic E-state index is -1.14. The van der Waals surface area contributed by atoms with Gasteiger partial charge in [0.25, 0.3) is 0 Å². The van der Waals surface area contributed by atoms with E-state index in [2.05, 4.69) is 15.7 Å². The van der Waals surface area contributed by atoms with Crippen LogP contribution in [0.3, 0.4) is 0 Å². The Kier molecular flexibility index (Phi) is 10.0. The summed E-state index contributed by atoms with van der Waals surface area (Å²) in [6.45, 7) is 4.23. The standard InChI is InChI=1S/C33H35N3O8S/c1-5-7-8-13-43-29-17-26-23(16-28(29)41-4)31(22-11-10-21(40-3)15-27(22)44-19-30(37)38)32(33(39)42-6-2)36(26)18-20-9-12-24-25(14-20)35-45-34-24/h9-12,14-17H,5-8,13,18-19H2,1-4H3,(H,37,38). The molecule has 11 nitrogen and oxygen atoms in total. The first-order valence-electron chi connectivity index (χ1n) is 14.7. The Bertz CT molecular complexity index is 1830. The molecular weight excluding hydrogens is 598 g/mol. The van der Waals surface area contributed by atoms with Gasteiger partial charge in [-0.1, -0.05) is 25.8 Å². The summed E-state index contributed by atoms with van der Waals surface area (Å²) in [4.78, 5) is 25.4. The Morgan fingerprint density at radius 1 is 0.889 bits per heavy atom. The van der Waals surface area contributed by atoms with Crippen LogP contribution in [0.1, 0.15) is 49.2 Å². The van der Waals surface area contributed by atoms with Crippen molar-refractivity contribution >= 4 is 45.6 Å². The molecule has 0 aliphatic heterocycles. The molecule has 0 aliphatic rings. The molecule has 0 spiro atoms. The second-order valence-electron chi connectivity index (χ2n) is 10.2. The molecule has 3 aromatic carbocycles. The monoisotopic (exact) mass is 633 g/mol. The third kappa shape index (κ3) is 6.80. The molecule has 236 valence electrons. The summed E-state index contributed by atoms with van der Waals surface area (Å²) in [7, 11) is 3.07. The number of carboxylic acids is 1. The van der Waals surface area contributed by atoms with Crippen LogP contribution >= 0.6 is 11.7 Å². The number of nitrogens with zero attached hydrogens (tertiary/aromatic N) is 3. The van der Waals surface area contributed by atoms with E-state index in [4.69, 9.17) is 23.7 Å². The molecule has 0 fully saturated rings. The van der Waals surface area contributed by atoms with E-state index in [0.717, 1.165) is 47.6 Å². The van der Waals surface area contributed by atoms with Crippen LogP contribution in [-0.2, 0) is 16.1 Å². The van der Waals surface area contributed by atoms with Gasteiger partial charge < -0.3 is 33.4 Å². The lowest BCUT2D eigenvalue weighted by Crippen LogP contribution is -2.15. The fourth-order valence-electron chi connectivity index (χ4n) is 5.21. The minimum absolute atomic E-state index is 0.149. The van der Waals surface area contributed by atoms with E-state index in [-0.39, 0.29) is 18.1 Å². The molecule has 2 heterocycles. The van der Waals surface area contributed by atoms with Gasteiger partial charge in [0.1, 0.15) is 28.2 Å². The van der Waals surface area contributed by atoms with Gasteiger partial charge in [-0.25, -0.2) is 9.59 Å². The maximum absolute atomic E-state index is 13.9. The number of ether oxygens (including phenoxy) is 5. The number of hydrogen-bond acceptors (Lipinski definition) is 10. The van der Waals surface area contributed by atoms with Gasteiger partial charge in [0.15, 0.2) is 18.1 Å². The van der Waals surface area contributed by atoms with E-state index in [9.17, 15) is 14.7 Å². The maximum atomic E-state index is 13.9. The van der Waals surface area contributed by atoms with Crippen molar-refractivity contribution in [1.29, 1.82) is 0 Å². The fraction of sp³-hybridized carbons (Fsp3) is 0.333. The topological polar surface area (TPSA) is 131 Å². The van der Waals surface area contributed by atoms with Crippen molar-refractivity contribution < 1.29 is 38.4 Å². The molecular formula is C33H35N3O8S. The van der Waals surface area contributed by atoms with E-state index in [1.54, 1.807) is 32.2 Å². The number of carbonyl (C=O) groups excluding carboxylic acids is 1. The number of rotatable bonds is 15. The van der Waals surface area contributed by atoms with E-state index in [0.29, 0.717) is 52.4 Å². The van der Waals surface area contributed by atoms with Gasteiger partial charge in [0, 0.05) is 35.2 Å². The predicted octanol–water partition coefficient (Wildman–Crippen LogP) is 6.59. The molecule has 5 rings (SSSR count). The molecule has 12 heteroatoms. The highest BCUT2D eigenvalue weighted by atomic mass is 32.1. The summed E-state index contributed by atoms with van der Waals surface area (Å²) in [5, 5.41) is 10.1. The van der Waals surface area contributed by atoms with Gasteiger partial charge >= 0.3 is 11.9 Å². The summed E-state index contributed by atoms with van der Waals surface area (Å²) in [6, 6.07) is 14.6. The highest BCUT2D eigenvalue weighted by Crippen LogP contribution is 2.45. The van der Waals surface area contributed by atoms with Crippen molar-refractivity contribution in [2.75, 3.05) is 34.0 Å². The molecule has 0 saturated carbocycles. The third-order valence-electron chi connectivity index (χ3n) is 7.29. The number of hydrogen-bond donors (Lipinski definition) is 1. The molecule has 2 aromatic heterocycles. The normalized spacial score (nSPS) is 11.1. The number of fused-ring (bicyclic) bond motifs is 2. The maximum Gasteiger partial charge on any atom is 0.355 e. The van der Waals surface area contributed by atoms with Crippen molar-refractivity contribution in [3.05, 3.63) is 59.8 Å². The van der Waals surface area contributed by atoms with Gasteiger partial charge in [0.05, 0.1) is 44.7 Å². The van der Waals surface area contributed by atoms with Crippen LogP contribution < -0.4 is 18.9 Å². The lowest BCUT2D eigenvalue weighted by molar-refractivity contribution is -0.139. The van der Waals surface area contributed by atoms with Gasteiger partial charge in [-0.2, -0.15) is 8.75 Å². The van der Waals surface area contributed by atoms with Crippen molar-refractivity contribution in [2.24, 2.45) is 0 Å². The molecule has 0 bridgehead atoms. The molecule has 0 unspecified atom stereocenters. The zero-order valence-electron chi connectivity index (χ0n) is 25.6. The van der Waals surface area contributed by atoms with Crippen LogP contribution in [0, 0.1) is 0 Å².